The van der Waals surface area contributed by atoms with Crippen molar-refractivity contribution >= 4 is 35.0 Å². The molecule has 1 aliphatic heterocycles. The van der Waals surface area contributed by atoms with Gasteiger partial charge in [-0.3, -0.25) is 14.5 Å². The van der Waals surface area contributed by atoms with Crippen LogP contribution in [0.5, 0.6) is 0 Å². The third-order valence-electron chi connectivity index (χ3n) is 1.40. The molecule has 62 valence electrons. The van der Waals surface area contributed by atoms with Gasteiger partial charge in [-0.05, 0) is 0 Å². The number of hydrogen-bond acceptors (Lipinski definition) is 3. The van der Waals surface area contributed by atoms with Gasteiger partial charge in [0.2, 0.25) is 0 Å². The molecule has 0 spiro atoms. The third kappa shape index (κ3) is 1.21. The fourth-order valence-electron chi connectivity index (χ4n) is 0.796. The standard InChI is InChI=1S/C5H5Cl2NO3/c6-2-3(7)5(11)8(1-9)4(2)10/h2-3,9H,1H2. The SMILES string of the molecule is O=C1C(Cl)C(Cl)C(=O)N1CO. The van der Waals surface area contributed by atoms with Crippen LogP contribution < -0.4 is 0 Å². The molecule has 0 bridgehead atoms. The van der Waals surface area contributed by atoms with Gasteiger partial charge in [0.1, 0.15) is 17.5 Å². The average molecular weight is 198 g/mol. The zero-order valence-electron chi connectivity index (χ0n) is 5.33. The smallest absolute Gasteiger partial charge is 0.251 e. The molecule has 11 heavy (non-hydrogen) atoms. The van der Waals surface area contributed by atoms with E-state index in [1.807, 2.05) is 0 Å². The van der Waals surface area contributed by atoms with Crippen molar-refractivity contribution in [3.8, 4) is 0 Å². The highest BCUT2D eigenvalue weighted by molar-refractivity contribution is 6.47. The lowest BCUT2D eigenvalue weighted by molar-refractivity contribution is -0.142. The summed E-state index contributed by atoms with van der Waals surface area (Å²) in [6.07, 6.45) is 0. The van der Waals surface area contributed by atoms with E-state index in [2.05, 4.69) is 0 Å². The molecule has 0 aliphatic carbocycles. The molecule has 0 aromatic heterocycles. The van der Waals surface area contributed by atoms with E-state index in [9.17, 15) is 9.59 Å². The number of carbonyl (C=O) groups excluding carboxylic acids is 2. The van der Waals surface area contributed by atoms with Gasteiger partial charge in [-0.15, -0.1) is 23.2 Å². The van der Waals surface area contributed by atoms with Gasteiger partial charge in [0.05, 0.1) is 0 Å². The van der Waals surface area contributed by atoms with Gasteiger partial charge in [-0.25, -0.2) is 0 Å². The lowest BCUT2D eigenvalue weighted by atomic mass is 10.3. The van der Waals surface area contributed by atoms with E-state index in [1.165, 1.54) is 0 Å². The topological polar surface area (TPSA) is 57.6 Å². The molecular formula is C5H5Cl2NO3. The Balaban J connectivity index is 2.86. The number of carbonyl (C=O) groups is 2. The fraction of sp³-hybridized carbons (Fsp3) is 0.600. The Kier molecular flexibility index (Phi) is 2.37. The Morgan fingerprint density at radius 2 is 1.64 bits per heavy atom. The van der Waals surface area contributed by atoms with Crippen LogP contribution in [0.1, 0.15) is 0 Å². The van der Waals surface area contributed by atoms with Gasteiger partial charge in [0.15, 0.2) is 0 Å². The first-order chi connectivity index (χ1) is 5.09. The minimum Gasteiger partial charge on any atom is -0.376 e. The average Bonchev–Trinajstić information content (AvgIpc) is 2.17. The number of aliphatic hydroxyl groups excluding tert-OH is 1. The Morgan fingerprint density at radius 1 is 1.27 bits per heavy atom. The van der Waals surface area contributed by atoms with Gasteiger partial charge in [-0.1, -0.05) is 0 Å². The van der Waals surface area contributed by atoms with Crippen molar-refractivity contribution in [2.45, 2.75) is 10.8 Å². The fourth-order valence-corrected chi connectivity index (χ4v) is 1.25. The van der Waals surface area contributed by atoms with E-state index in [0.29, 0.717) is 4.90 Å². The predicted octanol–water partition coefficient (Wildman–Crippen LogP) is -0.480. The van der Waals surface area contributed by atoms with E-state index in [-0.39, 0.29) is 0 Å². The molecule has 0 radical (unpaired) electrons. The van der Waals surface area contributed by atoms with E-state index < -0.39 is 29.3 Å². The van der Waals surface area contributed by atoms with Crippen molar-refractivity contribution in [1.82, 2.24) is 4.90 Å². The summed E-state index contributed by atoms with van der Waals surface area (Å²) >= 11 is 10.9. The molecule has 0 aromatic carbocycles. The molecule has 2 amide bonds. The second-order valence-electron chi connectivity index (χ2n) is 2.05. The maximum atomic E-state index is 10.9. The van der Waals surface area contributed by atoms with E-state index in [0.717, 1.165) is 0 Å². The van der Waals surface area contributed by atoms with Gasteiger partial charge in [0, 0.05) is 0 Å². The van der Waals surface area contributed by atoms with Crippen molar-refractivity contribution in [2.24, 2.45) is 0 Å². The molecule has 1 aliphatic rings. The summed E-state index contributed by atoms with van der Waals surface area (Å²) in [7, 11) is 0. The number of likely N-dealkylation sites (tertiary alicyclic amines) is 1. The molecule has 6 heteroatoms. The minimum absolute atomic E-state index is 0.620. The van der Waals surface area contributed by atoms with E-state index >= 15 is 0 Å². The first kappa shape index (κ1) is 8.77. The Morgan fingerprint density at radius 3 is 1.82 bits per heavy atom. The lowest BCUT2D eigenvalue weighted by Gasteiger charge is -2.07. The quantitative estimate of drug-likeness (QED) is 0.457. The first-order valence-electron chi connectivity index (χ1n) is 2.84. The zero-order chi connectivity index (χ0) is 8.59. The van der Waals surface area contributed by atoms with Crippen LogP contribution in [-0.2, 0) is 9.59 Å². The maximum Gasteiger partial charge on any atom is 0.251 e. The van der Waals surface area contributed by atoms with Crippen molar-refractivity contribution < 1.29 is 14.7 Å². The third-order valence-corrected chi connectivity index (χ3v) is 2.41. The molecule has 4 nitrogen and oxygen atoms in total. The molecule has 2 unspecified atom stereocenters. The van der Waals surface area contributed by atoms with E-state index in [4.69, 9.17) is 28.3 Å². The van der Waals surface area contributed by atoms with Crippen LogP contribution >= 0.6 is 23.2 Å². The Hall–Kier alpha value is -0.320. The number of amides is 2. The summed E-state index contributed by atoms with van der Waals surface area (Å²) in [5.74, 6) is -1.28. The summed E-state index contributed by atoms with van der Waals surface area (Å²) in [6.45, 7) is -0.663. The molecular weight excluding hydrogens is 193 g/mol. The van der Waals surface area contributed by atoms with Crippen molar-refractivity contribution in [3.05, 3.63) is 0 Å². The first-order valence-corrected chi connectivity index (χ1v) is 3.71. The Bertz CT molecular complexity index is 188. The summed E-state index contributed by atoms with van der Waals surface area (Å²) < 4.78 is 0. The number of rotatable bonds is 1. The van der Waals surface area contributed by atoms with Crippen LogP contribution in [0.25, 0.3) is 0 Å². The van der Waals surface area contributed by atoms with Crippen molar-refractivity contribution in [2.75, 3.05) is 6.73 Å². The highest BCUT2D eigenvalue weighted by Crippen LogP contribution is 2.22. The molecule has 1 rings (SSSR count). The van der Waals surface area contributed by atoms with Crippen LogP contribution in [0.4, 0.5) is 0 Å². The number of nitrogens with zero attached hydrogens (tertiary/aromatic N) is 1. The molecule has 1 saturated heterocycles. The van der Waals surface area contributed by atoms with Crippen LogP contribution in [0, 0.1) is 0 Å². The van der Waals surface area contributed by atoms with Crippen LogP contribution in [-0.4, -0.2) is 39.3 Å². The summed E-state index contributed by atoms with van der Waals surface area (Å²) in [5, 5.41) is 6.42. The van der Waals surface area contributed by atoms with Gasteiger partial charge >= 0.3 is 0 Å². The molecule has 1 N–H and O–H groups in total. The number of halogens is 2. The molecule has 0 saturated carbocycles. The molecule has 0 aromatic rings. The summed E-state index contributed by atoms with van der Waals surface area (Å²) in [6, 6.07) is 0. The van der Waals surface area contributed by atoms with Gasteiger partial charge in [-0.2, -0.15) is 0 Å². The minimum atomic E-state index is -1.05. The van der Waals surface area contributed by atoms with Gasteiger partial charge in [0.25, 0.3) is 11.8 Å². The van der Waals surface area contributed by atoms with Crippen molar-refractivity contribution in [1.29, 1.82) is 0 Å². The number of alkyl halides is 2. The molecule has 1 heterocycles. The zero-order valence-corrected chi connectivity index (χ0v) is 6.84. The highest BCUT2D eigenvalue weighted by atomic mass is 35.5. The second-order valence-corrected chi connectivity index (χ2v) is 2.99. The van der Waals surface area contributed by atoms with Crippen LogP contribution in [0.3, 0.4) is 0 Å². The highest BCUT2D eigenvalue weighted by Gasteiger charge is 2.45. The van der Waals surface area contributed by atoms with Crippen molar-refractivity contribution in [3.63, 3.8) is 0 Å². The monoisotopic (exact) mass is 197 g/mol. The Labute approximate surface area is 72.7 Å². The van der Waals surface area contributed by atoms with Gasteiger partial charge < -0.3 is 5.11 Å². The predicted molar refractivity (Wildman–Crippen MR) is 38.2 cm³/mol. The summed E-state index contributed by atoms with van der Waals surface area (Å²) in [4.78, 5) is 22.4. The number of hydrogen-bond donors (Lipinski definition) is 1. The molecule has 1 fully saturated rings. The summed E-state index contributed by atoms with van der Waals surface area (Å²) in [5.41, 5.74) is 0. The molecule has 2 atom stereocenters. The van der Waals surface area contributed by atoms with E-state index in [1.54, 1.807) is 0 Å². The maximum absolute atomic E-state index is 10.9. The number of aliphatic hydroxyl groups is 1. The largest absolute Gasteiger partial charge is 0.376 e. The lowest BCUT2D eigenvalue weighted by Crippen LogP contribution is -2.32. The number of imide groups is 1. The second kappa shape index (κ2) is 2.97. The normalized spacial score (nSPS) is 31.7. The van der Waals surface area contributed by atoms with Crippen LogP contribution in [0.2, 0.25) is 0 Å². The van der Waals surface area contributed by atoms with Crippen LogP contribution in [0.15, 0.2) is 0 Å².